The highest BCUT2D eigenvalue weighted by Gasteiger charge is 2.33. The van der Waals surface area contributed by atoms with Gasteiger partial charge in [-0.15, -0.1) is 11.6 Å². The van der Waals surface area contributed by atoms with E-state index < -0.39 is 0 Å². The summed E-state index contributed by atoms with van der Waals surface area (Å²) in [6, 6.07) is 8.80. The fourth-order valence-corrected chi connectivity index (χ4v) is 3.07. The molecule has 14 heavy (non-hydrogen) atoms. The van der Waals surface area contributed by atoms with Crippen LogP contribution in [-0.2, 0) is 11.8 Å². The number of hydrogen-bond acceptors (Lipinski definition) is 0. The minimum atomic E-state index is 0.260. The topological polar surface area (TPSA) is 0 Å². The van der Waals surface area contributed by atoms with Gasteiger partial charge in [0, 0.05) is 11.3 Å². The molecule has 0 aromatic heterocycles. The molecule has 0 fully saturated rings. The Hall–Kier alpha value is -0.490. The molecule has 0 spiro atoms. The summed E-state index contributed by atoms with van der Waals surface area (Å²) < 4.78 is 0. The van der Waals surface area contributed by atoms with Gasteiger partial charge in [-0.1, -0.05) is 31.2 Å². The van der Waals surface area contributed by atoms with Crippen molar-refractivity contribution in [2.45, 2.75) is 38.0 Å². The average molecular weight is 209 g/mol. The zero-order chi connectivity index (χ0) is 10.0. The monoisotopic (exact) mass is 208 g/mol. The summed E-state index contributed by atoms with van der Waals surface area (Å²) in [6.45, 7) is 2.25. The molecule has 0 nitrogen and oxygen atoms in total. The molecule has 76 valence electrons. The van der Waals surface area contributed by atoms with E-state index in [1.54, 1.807) is 0 Å². The summed E-state index contributed by atoms with van der Waals surface area (Å²) in [5, 5.41) is 0. The highest BCUT2D eigenvalue weighted by molar-refractivity contribution is 6.18. The van der Waals surface area contributed by atoms with Crippen LogP contribution < -0.4 is 0 Å². The van der Waals surface area contributed by atoms with Gasteiger partial charge >= 0.3 is 0 Å². The molecule has 1 atom stereocenters. The van der Waals surface area contributed by atoms with Crippen molar-refractivity contribution < 1.29 is 0 Å². The molecular weight excluding hydrogens is 192 g/mol. The smallest absolute Gasteiger partial charge is 0.0320 e. The molecule has 0 saturated carbocycles. The summed E-state index contributed by atoms with van der Waals surface area (Å²) in [6.07, 6.45) is 4.93. The first-order valence-corrected chi connectivity index (χ1v) is 6.00. The first-order chi connectivity index (χ1) is 6.82. The maximum absolute atomic E-state index is 6.16. The Morgan fingerprint density at radius 1 is 1.36 bits per heavy atom. The summed E-state index contributed by atoms with van der Waals surface area (Å²) >= 11 is 6.16. The van der Waals surface area contributed by atoms with Crippen molar-refractivity contribution in [1.82, 2.24) is 0 Å². The summed E-state index contributed by atoms with van der Waals surface area (Å²) in [5.74, 6) is 0.764. The van der Waals surface area contributed by atoms with Gasteiger partial charge in [0.25, 0.3) is 0 Å². The average Bonchev–Trinajstić information content (AvgIpc) is 2.28. The summed E-state index contributed by atoms with van der Waals surface area (Å²) in [7, 11) is 0. The van der Waals surface area contributed by atoms with Crippen molar-refractivity contribution in [2.24, 2.45) is 0 Å². The zero-order valence-electron chi connectivity index (χ0n) is 8.72. The van der Waals surface area contributed by atoms with Crippen molar-refractivity contribution in [2.75, 3.05) is 5.88 Å². The lowest BCUT2D eigenvalue weighted by Crippen LogP contribution is -2.32. The number of hydrogen-bond donors (Lipinski definition) is 0. The fraction of sp³-hybridized carbons (Fsp3) is 0.538. The lowest BCUT2D eigenvalue weighted by atomic mass is 9.70. The molecule has 0 saturated heterocycles. The van der Waals surface area contributed by atoms with Crippen LogP contribution in [0.2, 0.25) is 0 Å². The quantitative estimate of drug-likeness (QED) is 0.647. The molecule has 1 unspecified atom stereocenters. The Labute approximate surface area is 91.3 Å². The fourth-order valence-electron chi connectivity index (χ4n) is 2.61. The summed E-state index contributed by atoms with van der Waals surface area (Å²) in [4.78, 5) is 0. The van der Waals surface area contributed by atoms with E-state index in [0.29, 0.717) is 0 Å². The molecule has 0 amide bonds. The van der Waals surface area contributed by atoms with Crippen molar-refractivity contribution in [3.63, 3.8) is 0 Å². The number of fused-ring (bicyclic) bond motifs is 1. The van der Waals surface area contributed by atoms with Gasteiger partial charge in [0.15, 0.2) is 0 Å². The maximum atomic E-state index is 6.16. The highest BCUT2D eigenvalue weighted by Crippen LogP contribution is 2.40. The number of alkyl halides is 1. The predicted octanol–water partition coefficient (Wildman–Crippen LogP) is 3.91. The van der Waals surface area contributed by atoms with Gasteiger partial charge in [0.1, 0.15) is 0 Å². The van der Waals surface area contributed by atoms with Crippen molar-refractivity contribution in [3.8, 4) is 0 Å². The van der Waals surface area contributed by atoms with E-state index in [1.807, 2.05) is 0 Å². The third kappa shape index (κ3) is 1.46. The highest BCUT2D eigenvalue weighted by atomic mass is 35.5. The minimum Gasteiger partial charge on any atom is -0.126 e. The molecule has 1 aliphatic rings. The Balaban J connectivity index is 2.48. The van der Waals surface area contributed by atoms with Crippen LogP contribution in [0.15, 0.2) is 24.3 Å². The first kappa shape index (κ1) is 10.0. The molecule has 0 aliphatic heterocycles. The Morgan fingerprint density at radius 3 is 2.86 bits per heavy atom. The van der Waals surface area contributed by atoms with E-state index in [0.717, 1.165) is 12.3 Å². The van der Waals surface area contributed by atoms with Gasteiger partial charge in [-0.2, -0.15) is 0 Å². The van der Waals surface area contributed by atoms with Gasteiger partial charge in [0.05, 0.1) is 0 Å². The largest absolute Gasteiger partial charge is 0.126 e. The molecule has 1 heteroatoms. The third-order valence-electron chi connectivity index (χ3n) is 3.62. The van der Waals surface area contributed by atoms with Gasteiger partial charge in [-0.05, 0) is 36.8 Å². The predicted molar refractivity (Wildman–Crippen MR) is 62.1 cm³/mol. The van der Waals surface area contributed by atoms with Gasteiger partial charge < -0.3 is 0 Å². The molecule has 1 aromatic carbocycles. The van der Waals surface area contributed by atoms with Crippen LogP contribution in [0.3, 0.4) is 0 Å². The van der Waals surface area contributed by atoms with Gasteiger partial charge in [-0.25, -0.2) is 0 Å². The van der Waals surface area contributed by atoms with Gasteiger partial charge in [0.2, 0.25) is 0 Å². The van der Waals surface area contributed by atoms with E-state index >= 15 is 0 Å². The van der Waals surface area contributed by atoms with Crippen LogP contribution in [0.25, 0.3) is 0 Å². The van der Waals surface area contributed by atoms with E-state index in [-0.39, 0.29) is 5.41 Å². The van der Waals surface area contributed by atoms with E-state index in [1.165, 1.54) is 30.4 Å². The van der Waals surface area contributed by atoms with Crippen molar-refractivity contribution in [3.05, 3.63) is 35.4 Å². The number of rotatable bonds is 2. The van der Waals surface area contributed by atoms with Crippen LogP contribution in [0, 0.1) is 0 Å². The van der Waals surface area contributed by atoms with Crippen LogP contribution in [0.4, 0.5) is 0 Å². The molecule has 0 N–H and O–H groups in total. The van der Waals surface area contributed by atoms with Crippen LogP contribution in [0.1, 0.15) is 37.3 Å². The molecule has 0 heterocycles. The molecule has 2 rings (SSSR count). The Bertz CT molecular complexity index is 313. The number of halogens is 1. The molecular formula is C13H17Cl. The third-order valence-corrected chi connectivity index (χ3v) is 4.13. The van der Waals surface area contributed by atoms with Crippen LogP contribution in [-0.4, -0.2) is 5.88 Å². The molecule has 1 aromatic rings. The molecule has 1 aliphatic carbocycles. The maximum Gasteiger partial charge on any atom is 0.0320 e. The minimum absolute atomic E-state index is 0.260. The SMILES string of the molecule is CCC1(CCl)CCCc2ccccc21. The lowest BCUT2D eigenvalue weighted by Gasteiger charge is -2.37. The molecule has 0 bridgehead atoms. The summed E-state index contributed by atoms with van der Waals surface area (Å²) in [5.41, 5.74) is 3.28. The van der Waals surface area contributed by atoms with E-state index in [4.69, 9.17) is 11.6 Å². The van der Waals surface area contributed by atoms with E-state index in [2.05, 4.69) is 31.2 Å². The van der Waals surface area contributed by atoms with Crippen molar-refractivity contribution in [1.29, 1.82) is 0 Å². The normalized spacial score (nSPS) is 25.9. The zero-order valence-corrected chi connectivity index (χ0v) is 9.48. The first-order valence-electron chi connectivity index (χ1n) is 5.47. The second-order valence-corrected chi connectivity index (χ2v) is 4.55. The Morgan fingerprint density at radius 2 is 2.14 bits per heavy atom. The van der Waals surface area contributed by atoms with Crippen molar-refractivity contribution >= 4 is 11.6 Å². The Kier molecular flexibility index (Phi) is 2.83. The number of aryl methyl sites for hydroxylation is 1. The standard InChI is InChI=1S/C13H17Cl/c1-2-13(10-14)9-5-7-11-6-3-4-8-12(11)13/h3-4,6,8H,2,5,7,9-10H2,1H3. The van der Waals surface area contributed by atoms with E-state index in [9.17, 15) is 0 Å². The lowest BCUT2D eigenvalue weighted by molar-refractivity contribution is 0.386. The molecule has 0 radical (unpaired) electrons. The van der Waals surface area contributed by atoms with Crippen LogP contribution in [0.5, 0.6) is 0 Å². The van der Waals surface area contributed by atoms with Crippen LogP contribution >= 0.6 is 11.6 Å². The second kappa shape index (κ2) is 3.94. The van der Waals surface area contributed by atoms with Gasteiger partial charge in [-0.3, -0.25) is 0 Å². The number of benzene rings is 1. The second-order valence-electron chi connectivity index (χ2n) is 4.28.